The molecule has 23 heavy (non-hydrogen) atoms. The Labute approximate surface area is 145 Å². The molecule has 1 rings (SSSR count). The van der Waals surface area contributed by atoms with Gasteiger partial charge in [-0.3, -0.25) is 0 Å². The van der Waals surface area contributed by atoms with Gasteiger partial charge in [-0.05, 0) is 62.3 Å². The summed E-state index contributed by atoms with van der Waals surface area (Å²) in [4.78, 5) is 0. The zero-order valence-electron chi connectivity index (χ0n) is 17.9. The van der Waals surface area contributed by atoms with Crippen molar-refractivity contribution in [3.8, 4) is 0 Å². The zero-order valence-corrected chi connectivity index (χ0v) is 17.9. The Balaban J connectivity index is 0.000000468. The second-order valence-electron chi connectivity index (χ2n) is 11.0. The van der Waals surface area contributed by atoms with Crippen molar-refractivity contribution in [3.05, 3.63) is 0 Å². The van der Waals surface area contributed by atoms with Gasteiger partial charge in [0.05, 0.1) is 29.0 Å². The van der Waals surface area contributed by atoms with Crippen molar-refractivity contribution in [1.82, 2.24) is 0 Å². The summed E-state index contributed by atoms with van der Waals surface area (Å²) < 4.78 is 11.6. The Morgan fingerprint density at radius 1 is 0.652 bits per heavy atom. The molecule has 3 nitrogen and oxygen atoms in total. The predicted molar refractivity (Wildman–Crippen MR) is 98.8 cm³/mol. The Morgan fingerprint density at radius 3 is 1.13 bits per heavy atom. The lowest BCUT2D eigenvalue weighted by molar-refractivity contribution is -0.291. The van der Waals surface area contributed by atoms with Gasteiger partial charge >= 0.3 is 0 Å². The molecule has 0 bridgehead atoms. The van der Waals surface area contributed by atoms with Crippen molar-refractivity contribution in [3.63, 3.8) is 0 Å². The molecule has 1 N–H and O–H groups in total. The standard InChI is InChI=1S/C12H24O2.C8H18O/c1-10(2,3)14-9-11(4,5)8(13)12(9,6)7;1-7(2,3)9-8(4,5)6/h8-9,13H,1-7H3;1-6H3. The fourth-order valence-corrected chi connectivity index (χ4v) is 3.68. The van der Waals surface area contributed by atoms with Crippen molar-refractivity contribution in [1.29, 1.82) is 0 Å². The van der Waals surface area contributed by atoms with Crippen LogP contribution in [0.2, 0.25) is 0 Å². The van der Waals surface area contributed by atoms with Crippen LogP contribution < -0.4 is 0 Å². The molecule has 0 aromatic carbocycles. The van der Waals surface area contributed by atoms with Crippen molar-refractivity contribution >= 4 is 0 Å². The minimum absolute atomic E-state index is 0.0156. The lowest BCUT2D eigenvalue weighted by atomic mass is 9.51. The highest BCUT2D eigenvalue weighted by Crippen LogP contribution is 2.56. The molecular weight excluding hydrogens is 288 g/mol. The zero-order chi connectivity index (χ0) is 19.1. The van der Waals surface area contributed by atoms with E-state index >= 15 is 0 Å². The molecule has 0 radical (unpaired) electrons. The number of hydrogen-bond donors (Lipinski definition) is 1. The van der Waals surface area contributed by atoms with Crippen LogP contribution in [0.5, 0.6) is 0 Å². The van der Waals surface area contributed by atoms with Gasteiger partial charge in [0, 0.05) is 10.8 Å². The average molecular weight is 331 g/mol. The summed E-state index contributed by atoms with van der Waals surface area (Å²) >= 11 is 0. The largest absolute Gasteiger partial charge is 0.392 e. The highest BCUT2D eigenvalue weighted by molar-refractivity contribution is 5.11. The molecule has 0 spiro atoms. The summed E-state index contributed by atoms with van der Waals surface area (Å²) in [5.41, 5.74) is -0.427. The number of aliphatic hydroxyl groups is 1. The molecule has 3 heteroatoms. The van der Waals surface area contributed by atoms with E-state index < -0.39 is 0 Å². The highest BCUT2D eigenvalue weighted by atomic mass is 16.5. The van der Waals surface area contributed by atoms with Gasteiger partial charge < -0.3 is 14.6 Å². The Bertz CT molecular complexity index is 347. The SMILES string of the molecule is CC(C)(C)OC(C)(C)C.CC(C)(C)OC1C(C)(C)C(O)C1(C)C. The van der Waals surface area contributed by atoms with E-state index in [0.717, 1.165) is 0 Å². The molecule has 0 amide bonds. The second-order valence-corrected chi connectivity index (χ2v) is 11.0. The van der Waals surface area contributed by atoms with Gasteiger partial charge in [0.1, 0.15) is 0 Å². The minimum atomic E-state index is -0.276. The molecule has 0 heterocycles. The lowest BCUT2D eigenvalue weighted by Crippen LogP contribution is -2.69. The topological polar surface area (TPSA) is 38.7 Å². The van der Waals surface area contributed by atoms with E-state index in [1.807, 2.05) is 0 Å². The molecular formula is C20H42O3. The number of ether oxygens (including phenoxy) is 2. The van der Waals surface area contributed by atoms with Gasteiger partial charge in [0.15, 0.2) is 0 Å². The van der Waals surface area contributed by atoms with E-state index in [0.29, 0.717) is 0 Å². The molecule has 0 aromatic heterocycles. The van der Waals surface area contributed by atoms with Gasteiger partial charge in [0.25, 0.3) is 0 Å². The Hall–Kier alpha value is -0.120. The first-order valence-corrected chi connectivity index (χ1v) is 8.76. The third-order valence-electron chi connectivity index (χ3n) is 3.84. The summed E-state index contributed by atoms with van der Waals surface area (Å²) in [6.07, 6.45) is -0.146. The van der Waals surface area contributed by atoms with Gasteiger partial charge in [-0.25, -0.2) is 0 Å². The van der Waals surface area contributed by atoms with Gasteiger partial charge in [-0.15, -0.1) is 0 Å². The predicted octanol–water partition coefficient (Wildman–Crippen LogP) is 5.20. The van der Waals surface area contributed by atoms with Crippen molar-refractivity contribution in [2.45, 2.75) is 119 Å². The van der Waals surface area contributed by atoms with Gasteiger partial charge in [0.2, 0.25) is 0 Å². The third kappa shape index (κ3) is 7.11. The van der Waals surface area contributed by atoms with E-state index in [-0.39, 0.29) is 39.8 Å². The van der Waals surface area contributed by atoms with Crippen LogP contribution in [0.1, 0.15) is 90.0 Å². The maximum absolute atomic E-state index is 9.99. The Kier molecular flexibility index (Phi) is 6.61. The van der Waals surface area contributed by atoms with Crippen LogP contribution in [0.25, 0.3) is 0 Å². The monoisotopic (exact) mass is 330 g/mol. The van der Waals surface area contributed by atoms with E-state index in [2.05, 4.69) is 90.0 Å². The van der Waals surface area contributed by atoms with Crippen LogP contribution in [0.15, 0.2) is 0 Å². The van der Waals surface area contributed by atoms with E-state index in [4.69, 9.17) is 9.47 Å². The summed E-state index contributed by atoms with van der Waals surface area (Å²) in [5.74, 6) is 0. The fourth-order valence-electron chi connectivity index (χ4n) is 3.68. The van der Waals surface area contributed by atoms with Crippen molar-refractivity contribution in [2.24, 2.45) is 10.8 Å². The molecule has 1 fully saturated rings. The first kappa shape index (κ1) is 22.9. The van der Waals surface area contributed by atoms with Crippen LogP contribution in [0.4, 0.5) is 0 Å². The molecule has 0 aliphatic heterocycles. The number of rotatable bonds is 1. The first-order chi connectivity index (χ1) is 9.70. The summed E-state index contributed by atoms with van der Waals surface area (Å²) in [6, 6.07) is 0. The number of aliphatic hydroxyl groups excluding tert-OH is 1. The summed E-state index contributed by atoms with van der Waals surface area (Å²) in [6.45, 7) is 26.9. The van der Waals surface area contributed by atoms with E-state index in [1.54, 1.807) is 0 Å². The molecule has 140 valence electrons. The van der Waals surface area contributed by atoms with Crippen LogP contribution in [-0.2, 0) is 9.47 Å². The van der Waals surface area contributed by atoms with Crippen LogP contribution in [-0.4, -0.2) is 34.1 Å². The maximum Gasteiger partial charge on any atom is 0.0733 e. The molecule has 0 unspecified atom stereocenters. The third-order valence-corrected chi connectivity index (χ3v) is 3.84. The van der Waals surface area contributed by atoms with Crippen LogP contribution >= 0.6 is 0 Å². The van der Waals surface area contributed by atoms with Crippen molar-refractivity contribution < 1.29 is 14.6 Å². The Morgan fingerprint density at radius 2 is 0.957 bits per heavy atom. The normalized spacial score (nSPS) is 26.9. The smallest absolute Gasteiger partial charge is 0.0733 e. The van der Waals surface area contributed by atoms with Gasteiger partial charge in [-0.2, -0.15) is 0 Å². The quantitative estimate of drug-likeness (QED) is 0.718. The van der Waals surface area contributed by atoms with E-state index in [9.17, 15) is 5.11 Å². The first-order valence-electron chi connectivity index (χ1n) is 8.76. The molecule has 1 aliphatic carbocycles. The summed E-state index contributed by atoms with van der Waals surface area (Å²) in [5, 5.41) is 9.99. The molecule has 1 aliphatic rings. The van der Waals surface area contributed by atoms with Gasteiger partial charge in [-0.1, -0.05) is 27.7 Å². The highest BCUT2D eigenvalue weighted by Gasteiger charge is 2.62. The number of hydrogen-bond acceptors (Lipinski definition) is 3. The van der Waals surface area contributed by atoms with E-state index in [1.165, 1.54) is 0 Å². The minimum Gasteiger partial charge on any atom is -0.392 e. The summed E-state index contributed by atoms with van der Waals surface area (Å²) in [7, 11) is 0. The molecule has 0 aromatic rings. The molecule has 1 saturated carbocycles. The van der Waals surface area contributed by atoms with Crippen LogP contribution in [0.3, 0.4) is 0 Å². The molecule has 0 atom stereocenters. The maximum atomic E-state index is 9.99. The van der Waals surface area contributed by atoms with Crippen molar-refractivity contribution in [2.75, 3.05) is 0 Å². The molecule has 0 saturated heterocycles. The fraction of sp³-hybridized carbons (Fsp3) is 1.00. The lowest BCUT2D eigenvalue weighted by Gasteiger charge is -2.62. The second kappa shape index (κ2) is 6.65. The van der Waals surface area contributed by atoms with Crippen LogP contribution in [0, 0.1) is 10.8 Å². The average Bonchev–Trinajstić information content (AvgIpc) is 2.19.